The molecule has 176 valence electrons. The quantitative estimate of drug-likeness (QED) is 0.289. The summed E-state index contributed by atoms with van der Waals surface area (Å²) in [5.74, 6) is 0.380. The van der Waals surface area contributed by atoms with Crippen LogP contribution in [-0.2, 0) is 20.9 Å². The van der Waals surface area contributed by atoms with Gasteiger partial charge >= 0.3 is 0 Å². The molecule has 0 saturated carbocycles. The third kappa shape index (κ3) is 4.80. The van der Waals surface area contributed by atoms with Gasteiger partial charge in [0.15, 0.2) is 16.6 Å². The summed E-state index contributed by atoms with van der Waals surface area (Å²) in [6.07, 6.45) is 3.52. The molecule has 2 heterocycles. The topological polar surface area (TPSA) is 82.0 Å². The molecule has 0 radical (unpaired) electrons. The summed E-state index contributed by atoms with van der Waals surface area (Å²) < 4.78 is 18.4. The van der Waals surface area contributed by atoms with E-state index >= 15 is 0 Å². The molecule has 9 heteroatoms. The highest BCUT2D eigenvalue weighted by Crippen LogP contribution is 2.27. The molecular weight excluding hydrogens is 454 g/mol. The van der Waals surface area contributed by atoms with Crippen LogP contribution in [0, 0.1) is 0 Å². The van der Waals surface area contributed by atoms with Gasteiger partial charge in [0.1, 0.15) is 12.2 Å². The molecule has 3 aromatic rings. The molecule has 2 aromatic carbocycles. The fraction of sp³-hybridized carbons (Fsp3) is 0.240. The number of nitrogens with zero attached hydrogens (tertiary/aromatic N) is 2. The lowest BCUT2D eigenvalue weighted by Gasteiger charge is -2.28. The molecule has 2 amide bonds. The molecule has 8 nitrogen and oxygen atoms in total. The van der Waals surface area contributed by atoms with E-state index in [9.17, 15) is 9.59 Å². The molecule has 0 bridgehead atoms. The van der Waals surface area contributed by atoms with Crippen LogP contribution in [0.3, 0.4) is 0 Å². The monoisotopic (exact) mass is 479 g/mol. The van der Waals surface area contributed by atoms with Crippen LogP contribution in [0.15, 0.2) is 60.3 Å². The highest BCUT2D eigenvalue weighted by molar-refractivity contribution is 7.80. The number of para-hydroxylation sites is 3. The molecule has 4 rings (SSSR count). The lowest BCUT2D eigenvalue weighted by atomic mass is 10.1. The Bertz CT molecular complexity index is 1270. The van der Waals surface area contributed by atoms with Crippen molar-refractivity contribution >= 4 is 46.1 Å². The second-order valence-corrected chi connectivity index (χ2v) is 7.95. The van der Waals surface area contributed by atoms with Crippen LogP contribution in [0.2, 0.25) is 0 Å². The van der Waals surface area contributed by atoms with Gasteiger partial charge in [-0.2, -0.15) is 0 Å². The first-order valence-corrected chi connectivity index (χ1v) is 11.2. The number of carbonyl (C=O) groups excluding carboxylic acids is 2. The lowest BCUT2D eigenvalue weighted by molar-refractivity contribution is -0.129. The van der Waals surface area contributed by atoms with Crippen molar-refractivity contribution < 1.29 is 23.8 Å². The van der Waals surface area contributed by atoms with E-state index in [0.29, 0.717) is 31.3 Å². The first-order chi connectivity index (χ1) is 16.5. The predicted octanol–water partition coefficient (Wildman–Crippen LogP) is 3.00. The standard InChI is InChI=1S/C25H25N3O5S/c1-31-13-12-28-24(30)19(23(29)26-25(28)34)15-17-16-27(20-8-4-3-7-18(17)20)11-14-33-22-10-6-5-9-21(22)32-2/h3-10,15-16H,11-14H2,1-2H3,(H,26,29,34)/b19-15+. The van der Waals surface area contributed by atoms with Crippen LogP contribution in [0.1, 0.15) is 5.56 Å². The van der Waals surface area contributed by atoms with Crippen LogP contribution >= 0.6 is 12.2 Å². The number of hydrogen-bond acceptors (Lipinski definition) is 6. The van der Waals surface area contributed by atoms with Crippen molar-refractivity contribution in [3.05, 3.63) is 65.9 Å². The number of amides is 2. The maximum atomic E-state index is 13.0. The van der Waals surface area contributed by atoms with E-state index in [4.69, 9.17) is 26.4 Å². The fourth-order valence-electron chi connectivity index (χ4n) is 3.80. The highest BCUT2D eigenvalue weighted by atomic mass is 32.1. The zero-order valence-electron chi connectivity index (χ0n) is 18.9. The van der Waals surface area contributed by atoms with Crippen LogP contribution in [0.25, 0.3) is 17.0 Å². The largest absolute Gasteiger partial charge is 0.493 e. The van der Waals surface area contributed by atoms with E-state index in [-0.39, 0.29) is 17.2 Å². The number of nitrogens with one attached hydrogen (secondary N) is 1. The number of hydrogen-bond donors (Lipinski definition) is 1. The van der Waals surface area contributed by atoms with Crippen LogP contribution in [0.5, 0.6) is 11.5 Å². The zero-order valence-corrected chi connectivity index (χ0v) is 19.8. The van der Waals surface area contributed by atoms with Gasteiger partial charge in [0.2, 0.25) is 0 Å². The zero-order chi connectivity index (χ0) is 24.1. The molecule has 1 saturated heterocycles. The number of benzene rings is 2. The Morgan fingerprint density at radius 2 is 1.71 bits per heavy atom. The Hall–Kier alpha value is -3.69. The van der Waals surface area contributed by atoms with Crippen molar-refractivity contribution in [2.45, 2.75) is 6.54 Å². The number of methoxy groups -OCH3 is 2. The van der Waals surface area contributed by atoms with Gasteiger partial charge in [0, 0.05) is 29.8 Å². The first kappa shape index (κ1) is 23.5. The Balaban J connectivity index is 1.60. The van der Waals surface area contributed by atoms with Gasteiger partial charge in [-0.25, -0.2) is 0 Å². The SMILES string of the molecule is COCCN1C(=O)/C(=C/c2cn(CCOc3ccccc3OC)c3ccccc23)C(=O)NC1=S. The average molecular weight is 480 g/mol. The van der Waals surface area contributed by atoms with Crippen LogP contribution in [0.4, 0.5) is 0 Å². The van der Waals surface area contributed by atoms with Gasteiger partial charge in [-0.05, 0) is 36.5 Å². The van der Waals surface area contributed by atoms with E-state index in [0.717, 1.165) is 16.5 Å². The summed E-state index contributed by atoms with van der Waals surface area (Å²) in [6, 6.07) is 15.3. The third-order valence-electron chi connectivity index (χ3n) is 5.48. The van der Waals surface area contributed by atoms with E-state index in [2.05, 4.69) is 5.32 Å². The van der Waals surface area contributed by atoms with E-state index in [1.807, 2.05) is 59.3 Å². The minimum absolute atomic E-state index is 0.0258. The van der Waals surface area contributed by atoms with E-state index in [1.54, 1.807) is 20.3 Å². The van der Waals surface area contributed by atoms with E-state index < -0.39 is 11.8 Å². The molecule has 1 N–H and O–H groups in total. The summed E-state index contributed by atoms with van der Waals surface area (Å²) in [7, 11) is 3.15. The van der Waals surface area contributed by atoms with E-state index in [1.165, 1.54) is 4.90 Å². The molecule has 0 spiro atoms. The second-order valence-electron chi connectivity index (χ2n) is 7.56. The Morgan fingerprint density at radius 1 is 0.971 bits per heavy atom. The maximum Gasteiger partial charge on any atom is 0.265 e. The van der Waals surface area contributed by atoms with Gasteiger partial charge in [-0.15, -0.1) is 0 Å². The fourth-order valence-corrected chi connectivity index (χ4v) is 4.07. The van der Waals surface area contributed by atoms with Gasteiger partial charge in [-0.3, -0.25) is 19.8 Å². The van der Waals surface area contributed by atoms with Crippen LogP contribution < -0.4 is 14.8 Å². The van der Waals surface area contributed by atoms with Gasteiger partial charge in [0.05, 0.1) is 26.8 Å². The summed E-state index contributed by atoms with van der Waals surface area (Å²) in [5, 5.41) is 3.60. The lowest BCUT2D eigenvalue weighted by Crippen LogP contribution is -2.54. The molecule has 34 heavy (non-hydrogen) atoms. The Labute approximate surface area is 202 Å². The number of aromatic nitrogens is 1. The second kappa shape index (κ2) is 10.5. The first-order valence-electron chi connectivity index (χ1n) is 10.7. The number of fused-ring (bicyclic) bond motifs is 1. The highest BCUT2D eigenvalue weighted by Gasteiger charge is 2.33. The van der Waals surface area contributed by atoms with Crippen molar-refractivity contribution in [3.63, 3.8) is 0 Å². The summed E-state index contributed by atoms with van der Waals surface area (Å²) >= 11 is 5.16. The van der Waals surface area contributed by atoms with Crippen molar-refractivity contribution in [1.29, 1.82) is 0 Å². The number of rotatable bonds is 9. The van der Waals surface area contributed by atoms with Gasteiger partial charge in [-0.1, -0.05) is 30.3 Å². The summed E-state index contributed by atoms with van der Waals surface area (Å²) in [4.78, 5) is 26.9. The maximum absolute atomic E-state index is 13.0. The molecule has 0 unspecified atom stereocenters. The smallest absolute Gasteiger partial charge is 0.265 e. The van der Waals surface area contributed by atoms with Crippen molar-refractivity contribution in [1.82, 2.24) is 14.8 Å². The molecule has 1 aliphatic heterocycles. The molecule has 1 aromatic heterocycles. The van der Waals surface area contributed by atoms with Crippen molar-refractivity contribution in [2.24, 2.45) is 0 Å². The Kier molecular flexibility index (Phi) is 7.24. The van der Waals surface area contributed by atoms with Crippen molar-refractivity contribution in [2.75, 3.05) is 34.0 Å². The molecule has 0 aliphatic carbocycles. The molecular formula is C25H25N3O5S. The third-order valence-corrected chi connectivity index (χ3v) is 5.81. The normalized spacial score (nSPS) is 15.2. The minimum atomic E-state index is -0.514. The number of thiocarbonyl (C=S) groups is 1. The van der Waals surface area contributed by atoms with Gasteiger partial charge < -0.3 is 18.8 Å². The summed E-state index contributed by atoms with van der Waals surface area (Å²) in [6.45, 7) is 1.54. The predicted molar refractivity (Wildman–Crippen MR) is 133 cm³/mol. The molecule has 1 fully saturated rings. The average Bonchev–Trinajstić information content (AvgIpc) is 3.19. The number of ether oxygens (including phenoxy) is 3. The number of carbonyl (C=O) groups is 2. The molecule has 1 aliphatic rings. The van der Waals surface area contributed by atoms with Gasteiger partial charge in [0.25, 0.3) is 11.8 Å². The van der Waals surface area contributed by atoms with Crippen molar-refractivity contribution in [3.8, 4) is 11.5 Å². The molecule has 0 atom stereocenters. The minimum Gasteiger partial charge on any atom is -0.493 e. The summed E-state index contributed by atoms with van der Waals surface area (Å²) in [5.41, 5.74) is 1.75. The Morgan fingerprint density at radius 3 is 2.47 bits per heavy atom. The van der Waals surface area contributed by atoms with Crippen LogP contribution in [-0.4, -0.2) is 60.4 Å².